The molecular weight excluding hydrogens is 335 g/mol. The van der Waals surface area contributed by atoms with Gasteiger partial charge in [0.15, 0.2) is 11.6 Å². The second-order valence-corrected chi connectivity index (χ2v) is 6.39. The maximum Gasteiger partial charge on any atom is 0.165 e. The summed E-state index contributed by atoms with van der Waals surface area (Å²) in [4.78, 5) is 0. The van der Waals surface area contributed by atoms with Crippen molar-refractivity contribution in [2.75, 3.05) is 7.11 Å². The molecule has 0 aromatic heterocycles. The van der Waals surface area contributed by atoms with Crippen molar-refractivity contribution in [2.45, 2.75) is 24.9 Å². The zero-order valence-electron chi connectivity index (χ0n) is 11.7. The van der Waals surface area contributed by atoms with Crippen LogP contribution < -0.4 is 4.74 Å². The molecule has 1 N–H and O–H groups in total. The van der Waals surface area contributed by atoms with Crippen LogP contribution in [-0.4, -0.2) is 12.2 Å². The van der Waals surface area contributed by atoms with Gasteiger partial charge in [-0.3, -0.25) is 0 Å². The number of hydrogen-bond donors (Lipinski definition) is 1. The fourth-order valence-corrected chi connectivity index (χ4v) is 3.36. The smallest absolute Gasteiger partial charge is 0.165 e. The number of benzene rings is 2. The first-order chi connectivity index (χ1) is 10.0. The summed E-state index contributed by atoms with van der Waals surface area (Å²) >= 11 is 3.46. The maximum absolute atomic E-state index is 13.9. The third-order valence-corrected chi connectivity index (χ3v) is 4.64. The van der Waals surface area contributed by atoms with Crippen molar-refractivity contribution in [1.29, 1.82) is 0 Å². The van der Waals surface area contributed by atoms with Gasteiger partial charge in [-0.25, -0.2) is 4.39 Å². The van der Waals surface area contributed by atoms with E-state index >= 15 is 0 Å². The highest BCUT2D eigenvalue weighted by atomic mass is 79.9. The van der Waals surface area contributed by atoms with Crippen LogP contribution in [0.25, 0.3) is 0 Å². The van der Waals surface area contributed by atoms with Crippen LogP contribution >= 0.6 is 15.9 Å². The molecule has 1 aliphatic rings. The van der Waals surface area contributed by atoms with Crippen LogP contribution in [0, 0.1) is 5.82 Å². The Balaban J connectivity index is 1.95. The number of aliphatic hydroxyl groups is 1. The molecule has 1 unspecified atom stereocenters. The van der Waals surface area contributed by atoms with E-state index in [0.29, 0.717) is 18.4 Å². The molecule has 0 bridgehead atoms. The van der Waals surface area contributed by atoms with Crippen molar-refractivity contribution in [1.82, 2.24) is 0 Å². The predicted molar refractivity (Wildman–Crippen MR) is 83.0 cm³/mol. The fraction of sp³-hybridized carbons (Fsp3) is 0.294. The van der Waals surface area contributed by atoms with Gasteiger partial charge in [-0.15, -0.1) is 0 Å². The first-order valence-electron chi connectivity index (χ1n) is 6.85. The topological polar surface area (TPSA) is 29.5 Å². The Morgan fingerprint density at radius 1 is 1.19 bits per heavy atom. The molecular formula is C17H16BrFO2. The quantitative estimate of drug-likeness (QED) is 0.887. The average molecular weight is 351 g/mol. The molecule has 0 saturated carbocycles. The molecule has 2 aromatic carbocycles. The van der Waals surface area contributed by atoms with Gasteiger partial charge in [0.2, 0.25) is 0 Å². The van der Waals surface area contributed by atoms with Gasteiger partial charge in [0.25, 0.3) is 0 Å². The second-order valence-electron chi connectivity index (χ2n) is 5.47. The van der Waals surface area contributed by atoms with Crippen LogP contribution in [0.3, 0.4) is 0 Å². The molecule has 110 valence electrons. The molecule has 3 rings (SSSR count). The summed E-state index contributed by atoms with van der Waals surface area (Å²) in [5, 5.41) is 10.9. The summed E-state index contributed by atoms with van der Waals surface area (Å²) in [7, 11) is 1.43. The fourth-order valence-electron chi connectivity index (χ4n) is 2.95. The molecule has 0 aliphatic heterocycles. The summed E-state index contributed by atoms with van der Waals surface area (Å²) in [5.74, 6) is -0.243. The van der Waals surface area contributed by atoms with Gasteiger partial charge in [-0.1, -0.05) is 28.1 Å². The van der Waals surface area contributed by atoms with Crippen LogP contribution in [-0.2, 0) is 18.4 Å². The lowest BCUT2D eigenvalue weighted by molar-refractivity contribution is 0.0219. The van der Waals surface area contributed by atoms with E-state index in [1.54, 1.807) is 12.1 Å². The molecule has 0 heterocycles. The van der Waals surface area contributed by atoms with Gasteiger partial charge < -0.3 is 9.84 Å². The molecule has 2 nitrogen and oxygen atoms in total. The highest BCUT2D eigenvalue weighted by Gasteiger charge is 2.34. The Hall–Kier alpha value is -1.39. The predicted octanol–water partition coefficient (Wildman–Crippen LogP) is 3.97. The molecule has 0 fully saturated rings. The molecule has 1 aliphatic carbocycles. The number of hydrogen-bond acceptors (Lipinski definition) is 2. The van der Waals surface area contributed by atoms with E-state index in [1.165, 1.54) is 18.7 Å². The minimum atomic E-state index is -1.02. The van der Waals surface area contributed by atoms with Crippen molar-refractivity contribution in [3.05, 3.63) is 63.4 Å². The standard InChI is InChI=1S/C17H16BrFO2/c1-21-16-5-3-13(9-15(16)19)17(20)7-6-11-8-14(18)4-2-12(11)10-17/h2-5,8-9,20H,6-7,10H2,1H3. The highest BCUT2D eigenvalue weighted by molar-refractivity contribution is 9.10. The monoisotopic (exact) mass is 350 g/mol. The van der Waals surface area contributed by atoms with Crippen LogP contribution in [0.1, 0.15) is 23.1 Å². The zero-order chi connectivity index (χ0) is 15.0. The summed E-state index contributed by atoms with van der Waals surface area (Å²) in [6.45, 7) is 0. The van der Waals surface area contributed by atoms with Gasteiger partial charge in [-0.05, 0) is 53.8 Å². The zero-order valence-corrected chi connectivity index (χ0v) is 13.3. The first-order valence-corrected chi connectivity index (χ1v) is 7.65. The molecule has 21 heavy (non-hydrogen) atoms. The number of aryl methyl sites for hydroxylation is 1. The summed E-state index contributed by atoms with van der Waals surface area (Å²) in [6.07, 6.45) is 1.86. The number of methoxy groups -OCH3 is 1. The normalized spacial score (nSPS) is 21.0. The lowest BCUT2D eigenvalue weighted by Gasteiger charge is -2.34. The Morgan fingerprint density at radius 3 is 2.71 bits per heavy atom. The van der Waals surface area contributed by atoms with Crippen molar-refractivity contribution >= 4 is 15.9 Å². The third kappa shape index (κ3) is 2.70. The van der Waals surface area contributed by atoms with E-state index in [-0.39, 0.29) is 5.75 Å². The summed E-state index contributed by atoms with van der Waals surface area (Å²) in [6, 6.07) is 10.8. The lowest BCUT2D eigenvalue weighted by Crippen LogP contribution is -2.33. The molecule has 2 aromatic rings. The van der Waals surface area contributed by atoms with E-state index in [0.717, 1.165) is 16.5 Å². The molecule has 0 amide bonds. The van der Waals surface area contributed by atoms with Crippen molar-refractivity contribution < 1.29 is 14.2 Å². The van der Waals surface area contributed by atoms with Gasteiger partial charge in [0, 0.05) is 10.9 Å². The molecule has 4 heteroatoms. The number of ether oxygens (including phenoxy) is 1. The van der Waals surface area contributed by atoms with E-state index in [9.17, 15) is 9.50 Å². The van der Waals surface area contributed by atoms with Gasteiger partial charge in [-0.2, -0.15) is 0 Å². The molecule has 0 saturated heterocycles. The van der Waals surface area contributed by atoms with Crippen LogP contribution in [0.2, 0.25) is 0 Å². The minimum absolute atomic E-state index is 0.197. The number of halogens is 2. The van der Waals surface area contributed by atoms with Crippen LogP contribution in [0.15, 0.2) is 40.9 Å². The maximum atomic E-state index is 13.9. The third-order valence-electron chi connectivity index (χ3n) is 4.15. The Labute approximate surface area is 131 Å². The van der Waals surface area contributed by atoms with Crippen molar-refractivity contribution in [3.63, 3.8) is 0 Å². The molecule has 1 atom stereocenters. The number of rotatable bonds is 2. The summed E-state index contributed by atoms with van der Waals surface area (Å²) in [5.41, 5.74) is 1.94. The SMILES string of the molecule is COc1ccc(C2(O)CCc3cc(Br)ccc3C2)cc1F. The first kappa shape index (κ1) is 14.5. The van der Waals surface area contributed by atoms with Crippen molar-refractivity contribution in [2.24, 2.45) is 0 Å². The highest BCUT2D eigenvalue weighted by Crippen LogP contribution is 2.38. The minimum Gasteiger partial charge on any atom is -0.494 e. The Kier molecular flexibility index (Phi) is 3.76. The average Bonchev–Trinajstić information content (AvgIpc) is 2.47. The molecule has 0 radical (unpaired) electrons. The van der Waals surface area contributed by atoms with Crippen molar-refractivity contribution in [3.8, 4) is 5.75 Å². The molecule has 0 spiro atoms. The Bertz CT molecular complexity index is 686. The van der Waals surface area contributed by atoms with E-state index in [4.69, 9.17) is 4.74 Å². The number of fused-ring (bicyclic) bond motifs is 1. The lowest BCUT2D eigenvalue weighted by atomic mass is 9.76. The van der Waals surface area contributed by atoms with E-state index in [1.807, 2.05) is 12.1 Å². The van der Waals surface area contributed by atoms with E-state index < -0.39 is 11.4 Å². The van der Waals surface area contributed by atoms with Gasteiger partial charge in [0.05, 0.1) is 12.7 Å². The van der Waals surface area contributed by atoms with Gasteiger partial charge in [0.1, 0.15) is 0 Å². The van der Waals surface area contributed by atoms with E-state index in [2.05, 4.69) is 22.0 Å². The largest absolute Gasteiger partial charge is 0.494 e. The summed E-state index contributed by atoms with van der Waals surface area (Å²) < 4.78 is 19.9. The van der Waals surface area contributed by atoms with Crippen LogP contribution in [0.5, 0.6) is 5.75 Å². The van der Waals surface area contributed by atoms with Crippen LogP contribution in [0.4, 0.5) is 4.39 Å². The second kappa shape index (κ2) is 5.43. The Morgan fingerprint density at radius 2 is 2.00 bits per heavy atom. The van der Waals surface area contributed by atoms with Gasteiger partial charge >= 0.3 is 0 Å².